The van der Waals surface area contributed by atoms with Gasteiger partial charge in [0, 0.05) is 32.0 Å². The number of ether oxygens (including phenoxy) is 1. The number of nitrogens with zero attached hydrogens (tertiary/aromatic N) is 3. The van der Waals surface area contributed by atoms with E-state index in [-0.39, 0.29) is 0 Å². The lowest BCUT2D eigenvalue weighted by Crippen LogP contribution is -2.07. The molecule has 2 rings (SSSR count). The van der Waals surface area contributed by atoms with E-state index in [1.54, 1.807) is 30.2 Å². The van der Waals surface area contributed by atoms with Crippen LogP contribution in [0.5, 0.6) is 5.75 Å². The van der Waals surface area contributed by atoms with Crippen molar-refractivity contribution in [2.45, 2.75) is 16.6 Å². The van der Waals surface area contributed by atoms with Crippen molar-refractivity contribution >= 4 is 28.2 Å². The van der Waals surface area contributed by atoms with Crippen molar-refractivity contribution in [1.29, 1.82) is 0 Å². The smallest absolute Gasteiger partial charge is 0.208 e. The van der Waals surface area contributed by atoms with Crippen molar-refractivity contribution in [1.82, 2.24) is 15.5 Å². The second-order valence-electron chi connectivity index (χ2n) is 4.71. The predicted molar refractivity (Wildman–Crippen MR) is 89.6 cm³/mol. The van der Waals surface area contributed by atoms with Gasteiger partial charge in [0.2, 0.25) is 5.13 Å². The van der Waals surface area contributed by atoms with E-state index in [0.29, 0.717) is 0 Å². The number of thioether (sulfide) groups is 1. The lowest BCUT2D eigenvalue weighted by atomic mass is 10.1. The van der Waals surface area contributed by atoms with Gasteiger partial charge in [0.05, 0.1) is 7.11 Å². The lowest BCUT2D eigenvalue weighted by molar-refractivity contribution is 0.411. The summed E-state index contributed by atoms with van der Waals surface area (Å²) in [7, 11) is 7.59. The fraction of sp³-hybridized carbons (Fsp3) is 0.429. The molecular formula is C14H20N4OS2. The summed E-state index contributed by atoms with van der Waals surface area (Å²) in [6.45, 7) is 0.852. The van der Waals surface area contributed by atoms with Gasteiger partial charge in [0.25, 0.3) is 0 Å². The minimum Gasteiger partial charge on any atom is -0.496 e. The zero-order valence-corrected chi connectivity index (χ0v) is 14.3. The Morgan fingerprint density at radius 3 is 2.76 bits per heavy atom. The highest BCUT2D eigenvalue weighted by Gasteiger charge is 2.09. The molecule has 0 fully saturated rings. The van der Waals surface area contributed by atoms with Crippen molar-refractivity contribution in [3.05, 3.63) is 29.3 Å². The summed E-state index contributed by atoms with van der Waals surface area (Å²) < 4.78 is 6.41. The van der Waals surface area contributed by atoms with Gasteiger partial charge < -0.3 is 15.0 Å². The van der Waals surface area contributed by atoms with Crippen LogP contribution in [0.2, 0.25) is 0 Å². The van der Waals surface area contributed by atoms with E-state index in [4.69, 9.17) is 4.74 Å². The average Bonchev–Trinajstić information content (AvgIpc) is 2.95. The third kappa shape index (κ3) is 4.33. The SMILES string of the molecule is CNCc1ccc(OC)c(CSc2nnc(N(C)C)s2)c1. The van der Waals surface area contributed by atoms with Crippen LogP contribution in [0, 0.1) is 0 Å². The Hall–Kier alpha value is -1.31. The molecule has 5 nitrogen and oxygen atoms in total. The summed E-state index contributed by atoms with van der Waals surface area (Å²) in [5, 5.41) is 12.4. The van der Waals surface area contributed by atoms with E-state index in [9.17, 15) is 0 Å². The Balaban J connectivity index is 2.08. The second kappa shape index (κ2) is 7.63. The Bertz CT molecular complexity index is 586. The molecule has 1 aromatic carbocycles. The maximum atomic E-state index is 5.44. The summed E-state index contributed by atoms with van der Waals surface area (Å²) in [4.78, 5) is 1.97. The molecule has 0 aliphatic carbocycles. The minimum atomic E-state index is 0.822. The first-order valence-corrected chi connectivity index (χ1v) is 8.38. The molecule has 0 radical (unpaired) electrons. The largest absolute Gasteiger partial charge is 0.496 e. The molecule has 114 valence electrons. The lowest BCUT2D eigenvalue weighted by Gasteiger charge is -2.10. The molecule has 1 aromatic heterocycles. The molecule has 0 amide bonds. The van der Waals surface area contributed by atoms with E-state index >= 15 is 0 Å². The fourth-order valence-electron chi connectivity index (χ4n) is 1.84. The summed E-state index contributed by atoms with van der Waals surface area (Å²) in [6, 6.07) is 6.28. The van der Waals surface area contributed by atoms with Crippen molar-refractivity contribution in [3.8, 4) is 5.75 Å². The topological polar surface area (TPSA) is 50.3 Å². The number of rotatable bonds is 7. The van der Waals surface area contributed by atoms with Gasteiger partial charge >= 0.3 is 0 Å². The van der Waals surface area contributed by atoms with Crippen LogP contribution >= 0.6 is 23.1 Å². The van der Waals surface area contributed by atoms with Crippen LogP contribution in [-0.4, -0.2) is 38.5 Å². The summed E-state index contributed by atoms with van der Waals surface area (Å²) in [6.07, 6.45) is 0. The predicted octanol–water partition coefficient (Wildman–Crippen LogP) is 2.62. The van der Waals surface area contributed by atoms with Crippen LogP contribution in [0.4, 0.5) is 5.13 Å². The van der Waals surface area contributed by atoms with Crippen LogP contribution in [0.3, 0.4) is 0 Å². The van der Waals surface area contributed by atoms with E-state index < -0.39 is 0 Å². The van der Waals surface area contributed by atoms with Gasteiger partial charge in [-0.05, 0) is 24.7 Å². The normalized spacial score (nSPS) is 10.7. The molecule has 0 aliphatic rings. The number of nitrogens with one attached hydrogen (secondary N) is 1. The molecule has 2 aromatic rings. The van der Waals surface area contributed by atoms with E-state index in [2.05, 4.69) is 27.6 Å². The van der Waals surface area contributed by atoms with Crippen molar-refractivity contribution < 1.29 is 4.74 Å². The first-order chi connectivity index (χ1) is 10.1. The zero-order chi connectivity index (χ0) is 15.2. The Morgan fingerprint density at radius 1 is 1.33 bits per heavy atom. The van der Waals surface area contributed by atoms with Crippen LogP contribution in [0.25, 0.3) is 0 Å². The van der Waals surface area contributed by atoms with Crippen molar-refractivity contribution in [3.63, 3.8) is 0 Å². The molecule has 0 unspecified atom stereocenters. The zero-order valence-electron chi connectivity index (χ0n) is 12.7. The highest BCUT2D eigenvalue weighted by atomic mass is 32.2. The van der Waals surface area contributed by atoms with Crippen molar-refractivity contribution in [2.24, 2.45) is 0 Å². The van der Waals surface area contributed by atoms with E-state index in [1.165, 1.54) is 11.1 Å². The maximum absolute atomic E-state index is 5.44. The standard InChI is InChI=1S/C14H20N4OS2/c1-15-8-10-5-6-12(19-4)11(7-10)9-20-14-17-16-13(21-14)18(2)3/h5-7,15H,8-9H2,1-4H3. The van der Waals surface area contributed by atoms with Crippen LogP contribution in [0.15, 0.2) is 22.5 Å². The molecule has 0 bridgehead atoms. The first-order valence-electron chi connectivity index (χ1n) is 6.58. The monoisotopic (exact) mass is 324 g/mol. The summed E-state index contributed by atoms with van der Waals surface area (Å²) in [5.74, 6) is 1.74. The molecule has 0 spiro atoms. The number of benzene rings is 1. The average molecular weight is 324 g/mol. The molecule has 0 saturated carbocycles. The number of hydrogen-bond donors (Lipinski definition) is 1. The van der Waals surface area contributed by atoms with Crippen LogP contribution < -0.4 is 15.0 Å². The van der Waals surface area contributed by atoms with Gasteiger partial charge in [-0.1, -0.05) is 29.2 Å². The second-order valence-corrected chi connectivity index (χ2v) is 6.89. The third-order valence-corrected chi connectivity index (χ3v) is 5.13. The van der Waals surface area contributed by atoms with Crippen LogP contribution in [-0.2, 0) is 12.3 Å². The van der Waals surface area contributed by atoms with E-state index in [0.717, 1.165) is 27.5 Å². The third-order valence-electron chi connectivity index (χ3n) is 2.86. The molecule has 0 atom stereocenters. The Morgan fingerprint density at radius 2 is 2.14 bits per heavy atom. The van der Waals surface area contributed by atoms with Gasteiger partial charge in [0.15, 0.2) is 4.34 Å². The first kappa shape index (κ1) is 16.1. The molecular weight excluding hydrogens is 304 g/mol. The Labute approximate surface area is 133 Å². The van der Waals surface area contributed by atoms with Crippen LogP contribution in [0.1, 0.15) is 11.1 Å². The number of methoxy groups -OCH3 is 1. The quantitative estimate of drug-likeness (QED) is 0.790. The van der Waals surface area contributed by atoms with Gasteiger partial charge in [-0.15, -0.1) is 10.2 Å². The molecule has 1 N–H and O–H groups in total. The number of aromatic nitrogens is 2. The summed E-state index contributed by atoms with van der Waals surface area (Å²) in [5.41, 5.74) is 2.43. The van der Waals surface area contributed by atoms with Gasteiger partial charge in [-0.2, -0.15) is 0 Å². The maximum Gasteiger partial charge on any atom is 0.208 e. The number of anilines is 1. The minimum absolute atomic E-state index is 0.822. The molecule has 0 saturated heterocycles. The van der Waals surface area contributed by atoms with E-state index in [1.807, 2.05) is 32.1 Å². The summed E-state index contributed by atoms with van der Waals surface area (Å²) >= 11 is 3.29. The van der Waals surface area contributed by atoms with Gasteiger partial charge in [0.1, 0.15) is 5.75 Å². The highest BCUT2D eigenvalue weighted by molar-refractivity contribution is 8.00. The fourth-order valence-corrected chi connectivity index (χ4v) is 3.58. The highest BCUT2D eigenvalue weighted by Crippen LogP contribution is 2.32. The molecule has 0 aliphatic heterocycles. The molecule has 1 heterocycles. The van der Waals surface area contributed by atoms with Crippen molar-refractivity contribution in [2.75, 3.05) is 33.2 Å². The van der Waals surface area contributed by atoms with Gasteiger partial charge in [-0.3, -0.25) is 0 Å². The molecule has 21 heavy (non-hydrogen) atoms. The molecule has 7 heteroatoms. The Kier molecular flexibility index (Phi) is 5.84. The number of hydrogen-bond acceptors (Lipinski definition) is 7. The van der Waals surface area contributed by atoms with Gasteiger partial charge in [-0.25, -0.2) is 0 Å².